The van der Waals surface area contributed by atoms with Gasteiger partial charge in [0.15, 0.2) is 17.7 Å². The molecule has 0 aromatic carbocycles. The van der Waals surface area contributed by atoms with Crippen molar-refractivity contribution in [1.29, 1.82) is 0 Å². The van der Waals surface area contributed by atoms with E-state index in [1.54, 1.807) is 0 Å². The van der Waals surface area contributed by atoms with Gasteiger partial charge in [0.25, 0.3) is 0 Å². The molecule has 0 bridgehead atoms. The van der Waals surface area contributed by atoms with Crippen LogP contribution in [0.2, 0.25) is 0 Å². The van der Waals surface area contributed by atoms with E-state index >= 15 is 8.78 Å². The third kappa shape index (κ3) is 4.73. The summed E-state index contributed by atoms with van der Waals surface area (Å²) in [7, 11) is 1.02. The van der Waals surface area contributed by atoms with Gasteiger partial charge in [-0.25, -0.2) is 4.79 Å². The number of esters is 1. The molecular formula is C18H27F5O6. The highest BCUT2D eigenvalue weighted by Crippen LogP contribution is 2.58. The molecule has 3 unspecified atom stereocenters. The molecule has 1 aliphatic heterocycles. The van der Waals surface area contributed by atoms with Crippen LogP contribution in [0.4, 0.5) is 22.0 Å². The predicted molar refractivity (Wildman–Crippen MR) is 90.9 cm³/mol. The van der Waals surface area contributed by atoms with Crippen molar-refractivity contribution in [3.05, 3.63) is 12.2 Å². The van der Waals surface area contributed by atoms with E-state index in [4.69, 9.17) is 23.7 Å². The van der Waals surface area contributed by atoms with Crippen LogP contribution in [0.25, 0.3) is 0 Å². The molecule has 1 rings (SSSR count). The molecular weight excluding hydrogens is 407 g/mol. The van der Waals surface area contributed by atoms with Crippen LogP contribution < -0.4 is 0 Å². The second-order valence-electron chi connectivity index (χ2n) is 7.85. The second-order valence-corrected chi connectivity index (χ2v) is 7.85. The summed E-state index contributed by atoms with van der Waals surface area (Å²) in [5.41, 5.74) is -3.08. The molecule has 3 atom stereocenters. The van der Waals surface area contributed by atoms with Crippen LogP contribution in [0.5, 0.6) is 0 Å². The Labute approximate surface area is 166 Å². The van der Waals surface area contributed by atoms with Gasteiger partial charge in [-0.3, -0.25) is 0 Å². The number of hydrogen-bond acceptors (Lipinski definition) is 6. The molecule has 11 heteroatoms. The number of carbonyl (C=O) groups excluding carboxylic acids is 1. The Morgan fingerprint density at radius 3 is 2.03 bits per heavy atom. The van der Waals surface area contributed by atoms with Crippen molar-refractivity contribution >= 4 is 5.97 Å². The van der Waals surface area contributed by atoms with Crippen molar-refractivity contribution in [2.75, 3.05) is 13.7 Å². The van der Waals surface area contributed by atoms with E-state index in [1.165, 1.54) is 20.8 Å². The zero-order valence-corrected chi connectivity index (χ0v) is 17.4. The summed E-state index contributed by atoms with van der Waals surface area (Å²) >= 11 is 0. The van der Waals surface area contributed by atoms with Crippen molar-refractivity contribution in [3.63, 3.8) is 0 Å². The van der Waals surface area contributed by atoms with Gasteiger partial charge < -0.3 is 23.7 Å². The molecule has 1 fully saturated rings. The first-order chi connectivity index (χ1) is 12.9. The molecule has 0 aliphatic carbocycles. The standard InChI is InChI=1S/C18H27F5O6/c1-10(2)12(24)26-9-15(7)16(19,20)17(18(21,22)23,29-14(5,6)28-15)27-13(25-8)11(3)4/h11,13H,1,9H2,2-8H3. The molecule has 0 amide bonds. The van der Waals surface area contributed by atoms with Crippen LogP contribution in [0.3, 0.4) is 0 Å². The largest absolute Gasteiger partial charge is 0.459 e. The number of alkyl halides is 5. The van der Waals surface area contributed by atoms with E-state index in [0.29, 0.717) is 6.92 Å². The molecule has 1 heterocycles. The highest BCUT2D eigenvalue weighted by atomic mass is 19.4. The van der Waals surface area contributed by atoms with Crippen LogP contribution in [0.1, 0.15) is 41.5 Å². The molecule has 170 valence electrons. The van der Waals surface area contributed by atoms with Crippen molar-refractivity contribution < 1.29 is 50.4 Å². The Kier molecular flexibility index (Phi) is 7.18. The van der Waals surface area contributed by atoms with Gasteiger partial charge in [-0.1, -0.05) is 20.4 Å². The summed E-state index contributed by atoms with van der Waals surface area (Å²) in [6.07, 6.45) is -7.39. The summed E-state index contributed by atoms with van der Waals surface area (Å²) in [5, 5.41) is 0. The van der Waals surface area contributed by atoms with Crippen LogP contribution in [0.15, 0.2) is 12.2 Å². The minimum Gasteiger partial charge on any atom is -0.459 e. The topological polar surface area (TPSA) is 63.2 Å². The maximum Gasteiger partial charge on any atom is 0.450 e. The zero-order valence-electron chi connectivity index (χ0n) is 17.4. The first-order valence-corrected chi connectivity index (χ1v) is 8.74. The lowest BCUT2D eigenvalue weighted by Gasteiger charge is -2.56. The number of halogens is 5. The number of hydrogen-bond donors (Lipinski definition) is 0. The summed E-state index contributed by atoms with van der Waals surface area (Å²) in [5.74, 6) is -13.3. The SMILES string of the molecule is C=C(C)C(=O)OCC1(C)OC(C)(C)OC(OC(OC)C(C)C)(C(F)(F)F)C1(F)F. The first kappa shape index (κ1) is 25.7. The maximum absolute atomic E-state index is 15.5. The van der Waals surface area contributed by atoms with Crippen molar-refractivity contribution in [2.45, 2.75) is 77.1 Å². The second kappa shape index (κ2) is 8.09. The van der Waals surface area contributed by atoms with Gasteiger partial charge in [0.2, 0.25) is 0 Å². The van der Waals surface area contributed by atoms with Gasteiger partial charge in [0, 0.05) is 18.6 Å². The summed E-state index contributed by atoms with van der Waals surface area (Å²) < 4.78 is 97.4. The molecule has 0 N–H and O–H groups in total. The number of ether oxygens (including phenoxy) is 5. The Morgan fingerprint density at radius 2 is 1.66 bits per heavy atom. The van der Waals surface area contributed by atoms with Gasteiger partial charge in [0.1, 0.15) is 6.61 Å². The van der Waals surface area contributed by atoms with Crippen molar-refractivity contribution in [1.82, 2.24) is 0 Å². The molecule has 1 saturated heterocycles. The molecule has 29 heavy (non-hydrogen) atoms. The molecule has 0 aromatic heterocycles. The van der Waals surface area contributed by atoms with Gasteiger partial charge in [-0.2, -0.15) is 22.0 Å². The van der Waals surface area contributed by atoms with E-state index in [2.05, 4.69) is 6.58 Å². The predicted octanol–water partition coefficient (Wildman–Crippen LogP) is 4.19. The van der Waals surface area contributed by atoms with Crippen LogP contribution in [-0.4, -0.2) is 55.3 Å². The Morgan fingerprint density at radius 1 is 1.14 bits per heavy atom. The lowest BCUT2D eigenvalue weighted by Crippen LogP contribution is -2.78. The summed E-state index contributed by atoms with van der Waals surface area (Å²) in [4.78, 5) is 11.6. The van der Waals surface area contributed by atoms with Gasteiger partial charge in [-0.05, 0) is 27.7 Å². The normalized spacial score (nSPS) is 30.1. The molecule has 0 aromatic rings. The lowest BCUT2D eigenvalue weighted by atomic mass is 9.87. The lowest BCUT2D eigenvalue weighted by molar-refractivity contribution is -0.561. The van der Waals surface area contributed by atoms with E-state index in [0.717, 1.165) is 21.0 Å². The molecule has 0 radical (unpaired) electrons. The fourth-order valence-electron chi connectivity index (χ4n) is 2.85. The van der Waals surface area contributed by atoms with E-state index in [1.807, 2.05) is 0 Å². The Balaban J connectivity index is 3.57. The average Bonchev–Trinajstić information content (AvgIpc) is 2.52. The summed E-state index contributed by atoms with van der Waals surface area (Å²) in [6, 6.07) is 0. The summed E-state index contributed by atoms with van der Waals surface area (Å²) in [6.45, 7) is 8.91. The molecule has 0 saturated carbocycles. The third-order valence-corrected chi connectivity index (χ3v) is 4.20. The Bertz CT molecular complexity index is 633. The van der Waals surface area contributed by atoms with Crippen LogP contribution in [0, 0.1) is 5.92 Å². The monoisotopic (exact) mass is 434 g/mol. The minimum absolute atomic E-state index is 0.124. The van der Waals surface area contributed by atoms with E-state index in [9.17, 15) is 18.0 Å². The first-order valence-electron chi connectivity index (χ1n) is 8.74. The Hall–Kier alpha value is -1.30. The average molecular weight is 434 g/mol. The molecule has 0 spiro atoms. The van der Waals surface area contributed by atoms with Crippen LogP contribution in [-0.2, 0) is 28.5 Å². The van der Waals surface area contributed by atoms with Crippen molar-refractivity contribution in [2.24, 2.45) is 5.92 Å². The maximum atomic E-state index is 15.5. The minimum atomic E-state index is -5.71. The van der Waals surface area contributed by atoms with Crippen molar-refractivity contribution in [3.8, 4) is 0 Å². The highest BCUT2D eigenvalue weighted by molar-refractivity contribution is 5.86. The highest BCUT2D eigenvalue weighted by Gasteiger charge is 2.84. The molecule has 1 aliphatic rings. The van der Waals surface area contributed by atoms with Gasteiger partial charge in [-0.15, -0.1) is 0 Å². The van der Waals surface area contributed by atoms with Gasteiger partial charge in [0.05, 0.1) is 0 Å². The quantitative estimate of drug-likeness (QED) is 0.259. The third-order valence-electron chi connectivity index (χ3n) is 4.20. The zero-order chi connectivity index (χ0) is 23.1. The van der Waals surface area contributed by atoms with Gasteiger partial charge >= 0.3 is 23.9 Å². The van der Waals surface area contributed by atoms with E-state index in [-0.39, 0.29) is 5.57 Å². The fourth-order valence-corrected chi connectivity index (χ4v) is 2.85. The van der Waals surface area contributed by atoms with E-state index < -0.39 is 54.1 Å². The molecule has 6 nitrogen and oxygen atoms in total. The van der Waals surface area contributed by atoms with Crippen LogP contribution >= 0.6 is 0 Å². The number of rotatable bonds is 7. The number of methoxy groups -OCH3 is 1. The number of carbonyl (C=O) groups is 1. The smallest absolute Gasteiger partial charge is 0.450 e. The fraction of sp³-hybridized carbons (Fsp3) is 0.833.